The summed E-state index contributed by atoms with van der Waals surface area (Å²) in [5.74, 6) is 0.165. The molecule has 0 aromatic carbocycles. The first kappa shape index (κ1) is 8.01. The first-order chi connectivity index (χ1) is 5.00. The third kappa shape index (κ3) is 1.91. The number of hydrogen-bond donors (Lipinski definition) is 2. The average molecular weight is 152 g/mol. The van der Waals surface area contributed by atoms with Crippen molar-refractivity contribution in [3.05, 3.63) is 24.0 Å². The van der Waals surface area contributed by atoms with E-state index in [9.17, 15) is 0 Å². The van der Waals surface area contributed by atoms with Gasteiger partial charge in [-0.2, -0.15) is 0 Å². The number of nitrogens with two attached hydrogens (primary N) is 1. The molecule has 3 heteroatoms. The zero-order valence-corrected chi connectivity index (χ0v) is 6.70. The number of pyridine rings is 1. The Labute approximate surface area is 65.9 Å². The largest absolute Gasteiger partial charge is 0.506 e. The van der Waals surface area contributed by atoms with E-state index in [0.29, 0.717) is 0 Å². The summed E-state index contributed by atoms with van der Waals surface area (Å²) in [4.78, 5) is 3.97. The van der Waals surface area contributed by atoms with Crippen LogP contribution in [0.4, 0.5) is 0 Å². The molecule has 0 radical (unpaired) electrons. The van der Waals surface area contributed by atoms with Gasteiger partial charge in [0, 0.05) is 0 Å². The highest BCUT2D eigenvalue weighted by Crippen LogP contribution is 2.15. The molecule has 60 valence electrons. The summed E-state index contributed by atoms with van der Waals surface area (Å²) in [7, 11) is 0. The van der Waals surface area contributed by atoms with Crippen LogP contribution in [0.1, 0.15) is 19.5 Å². The van der Waals surface area contributed by atoms with E-state index >= 15 is 0 Å². The Morgan fingerprint density at radius 2 is 2.09 bits per heavy atom. The molecule has 11 heavy (non-hydrogen) atoms. The molecule has 1 rings (SSSR count). The van der Waals surface area contributed by atoms with Gasteiger partial charge in [0.1, 0.15) is 5.75 Å². The van der Waals surface area contributed by atoms with Gasteiger partial charge < -0.3 is 10.8 Å². The Kier molecular flexibility index (Phi) is 1.83. The molecular weight excluding hydrogens is 140 g/mol. The molecule has 3 nitrogen and oxygen atoms in total. The summed E-state index contributed by atoms with van der Waals surface area (Å²) >= 11 is 0. The average Bonchev–Trinajstić information content (AvgIpc) is 1.86. The summed E-state index contributed by atoms with van der Waals surface area (Å²) in [6.45, 7) is 3.73. The lowest BCUT2D eigenvalue weighted by Gasteiger charge is -2.16. The van der Waals surface area contributed by atoms with Gasteiger partial charge in [0.25, 0.3) is 0 Å². The van der Waals surface area contributed by atoms with Crippen LogP contribution >= 0.6 is 0 Å². The Balaban J connectivity index is 2.99. The second kappa shape index (κ2) is 2.51. The van der Waals surface area contributed by atoms with Crippen molar-refractivity contribution in [1.82, 2.24) is 4.98 Å². The second-order valence-electron chi connectivity index (χ2n) is 3.12. The SMILES string of the molecule is CC(C)(N)c1ccc(O)cn1. The Morgan fingerprint density at radius 3 is 2.45 bits per heavy atom. The van der Waals surface area contributed by atoms with Gasteiger partial charge in [0.15, 0.2) is 0 Å². The predicted molar refractivity (Wildman–Crippen MR) is 43.1 cm³/mol. The van der Waals surface area contributed by atoms with Crippen molar-refractivity contribution >= 4 is 0 Å². The molecule has 0 aliphatic rings. The normalized spacial score (nSPS) is 11.5. The predicted octanol–water partition coefficient (Wildman–Crippen LogP) is 0.981. The van der Waals surface area contributed by atoms with Crippen molar-refractivity contribution in [3.8, 4) is 5.75 Å². The molecule has 0 aliphatic carbocycles. The lowest BCUT2D eigenvalue weighted by molar-refractivity contribution is 0.468. The van der Waals surface area contributed by atoms with Gasteiger partial charge in [0.05, 0.1) is 17.4 Å². The van der Waals surface area contributed by atoms with Gasteiger partial charge in [-0.05, 0) is 26.0 Å². The Hall–Kier alpha value is -1.09. The van der Waals surface area contributed by atoms with Crippen molar-refractivity contribution in [2.75, 3.05) is 0 Å². The zero-order valence-electron chi connectivity index (χ0n) is 6.70. The van der Waals surface area contributed by atoms with Gasteiger partial charge in [-0.3, -0.25) is 4.98 Å². The quantitative estimate of drug-likeness (QED) is 0.630. The fraction of sp³-hybridized carbons (Fsp3) is 0.375. The van der Waals surface area contributed by atoms with Crippen LogP contribution in [-0.4, -0.2) is 10.1 Å². The molecule has 0 bridgehead atoms. The molecule has 3 N–H and O–H groups in total. The first-order valence-electron chi connectivity index (χ1n) is 3.44. The minimum atomic E-state index is -0.437. The number of rotatable bonds is 1. The van der Waals surface area contributed by atoms with Gasteiger partial charge in [0.2, 0.25) is 0 Å². The molecule has 0 aliphatic heterocycles. The number of nitrogens with zero attached hydrogens (tertiary/aromatic N) is 1. The van der Waals surface area contributed by atoms with Crippen LogP contribution in [0.25, 0.3) is 0 Å². The van der Waals surface area contributed by atoms with E-state index in [1.54, 1.807) is 12.1 Å². The molecule has 1 aromatic rings. The fourth-order valence-corrected chi connectivity index (χ4v) is 0.767. The van der Waals surface area contributed by atoms with E-state index in [4.69, 9.17) is 10.8 Å². The van der Waals surface area contributed by atoms with Crippen LogP contribution < -0.4 is 5.73 Å². The molecule has 0 fully saturated rings. The van der Waals surface area contributed by atoms with Gasteiger partial charge in [-0.25, -0.2) is 0 Å². The highest BCUT2D eigenvalue weighted by molar-refractivity contribution is 5.21. The molecule has 0 unspecified atom stereocenters. The van der Waals surface area contributed by atoms with E-state index in [-0.39, 0.29) is 5.75 Å². The van der Waals surface area contributed by atoms with E-state index in [2.05, 4.69) is 4.98 Å². The Morgan fingerprint density at radius 1 is 1.45 bits per heavy atom. The van der Waals surface area contributed by atoms with Crippen LogP contribution in [0.15, 0.2) is 18.3 Å². The molecule has 1 heterocycles. The third-order valence-electron chi connectivity index (χ3n) is 1.41. The van der Waals surface area contributed by atoms with Crippen molar-refractivity contribution in [2.24, 2.45) is 5.73 Å². The third-order valence-corrected chi connectivity index (χ3v) is 1.41. The minimum Gasteiger partial charge on any atom is -0.506 e. The van der Waals surface area contributed by atoms with Gasteiger partial charge in [-0.15, -0.1) is 0 Å². The van der Waals surface area contributed by atoms with Gasteiger partial charge >= 0.3 is 0 Å². The standard InChI is InChI=1S/C8H12N2O/c1-8(2,9)7-4-3-6(11)5-10-7/h3-5,11H,9H2,1-2H3. The van der Waals surface area contributed by atoms with Crippen molar-refractivity contribution < 1.29 is 5.11 Å². The highest BCUT2D eigenvalue weighted by atomic mass is 16.3. The maximum absolute atomic E-state index is 8.92. The maximum atomic E-state index is 8.92. The highest BCUT2D eigenvalue weighted by Gasteiger charge is 2.14. The van der Waals surface area contributed by atoms with Crippen LogP contribution in [0, 0.1) is 0 Å². The number of hydrogen-bond acceptors (Lipinski definition) is 3. The molecule has 0 amide bonds. The molecule has 0 saturated carbocycles. The summed E-state index contributed by atoms with van der Waals surface area (Å²) in [5.41, 5.74) is 6.10. The molecule has 0 saturated heterocycles. The lowest BCUT2D eigenvalue weighted by atomic mass is 10.0. The molecule has 0 atom stereocenters. The van der Waals surface area contributed by atoms with Crippen LogP contribution in [0.3, 0.4) is 0 Å². The Bertz CT molecular complexity index is 235. The van der Waals surface area contributed by atoms with E-state index in [0.717, 1.165) is 5.69 Å². The van der Waals surface area contributed by atoms with Crippen molar-refractivity contribution in [3.63, 3.8) is 0 Å². The summed E-state index contributed by atoms with van der Waals surface area (Å²) in [6.07, 6.45) is 1.39. The lowest BCUT2D eigenvalue weighted by Crippen LogP contribution is -2.29. The molecule has 1 aromatic heterocycles. The topological polar surface area (TPSA) is 59.1 Å². The number of aromatic nitrogens is 1. The monoisotopic (exact) mass is 152 g/mol. The van der Waals surface area contributed by atoms with Crippen molar-refractivity contribution in [1.29, 1.82) is 0 Å². The first-order valence-corrected chi connectivity index (χ1v) is 3.44. The van der Waals surface area contributed by atoms with Gasteiger partial charge in [-0.1, -0.05) is 0 Å². The molecule has 0 spiro atoms. The number of aromatic hydroxyl groups is 1. The maximum Gasteiger partial charge on any atom is 0.133 e. The fourth-order valence-electron chi connectivity index (χ4n) is 0.767. The van der Waals surface area contributed by atoms with E-state index in [1.165, 1.54) is 6.20 Å². The zero-order chi connectivity index (χ0) is 8.48. The van der Waals surface area contributed by atoms with Crippen molar-refractivity contribution in [2.45, 2.75) is 19.4 Å². The smallest absolute Gasteiger partial charge is 0.133 e. The van der Waals surface area contributed by atoms with Crippen LogP contribution in [0.2, 0.25) is 0 Å². The second-order valence-corrected chi connectivity index (χ2v) is 3.12. The summed E-state index contributed by atoms with van der Waals surface area (Å²) in [6, 6.07) is 3.30. The van der Waals surface area contributed by atoms with E-state index < -0.39 is 5.54 Å². The summed E-state index contributed by atoms with van der Waals surface area (Å²) < 4.78 is 0. The minimum absolute atomic E-state index is 0.165. The van der Waals surface area contributed by atoms with Crippen LogP contribution in [-0.2, 0) is 5.54 Å². The van der Waals surface area contributed by atoms with Crippen LogP contribution in [0.5, 0.6) is 5.75 Å². The van der Waals surface area contributed by atoms with E-state index in [1.807, 2.05) is 13.8 Å². The molecular formula is C8H12N2O. The summed E-state index contributed by atoms with van der Waals surface area (Å²) in [5, 5.41) is 8.92.